The van der Waals surface area contributed by atoms with Gasteiger partial charge in [-0.3, -0.25) is 9.10 Å². The minimum Gasteiger partial charge on any atom is -0.486 e. The second-order valence-corrected chi connectivity index (χ2v) is 9.35. The first-order valence-corrected chi connectivity index (χ1v) is 11.8. The smallest absolute Gasteiger partial charge is 0.244 e. The summed E-state index contributed by atoms with van der Waals surface area (Å²) in [6, 6.07) is 11.9. The van der Waals surface area contributed by atoms with Gasteiger partial charge in [-0.25, -0.2) is 8.42 Å². The molecule has 0 fully saturated rings. The van der Waals surface area contributed by atoms with Crippen LogP contribution in [-0.2, 0) is 14.8 Å². The lowest BCUT2D eigenvalue weighted by Crippen LogP contribution is -2.51. The highest BCUT2D eigenvalue weighted by Gasteiger charge is 2.32. The number of sulfonamides is 1. The predicted molar refractivity (Wildman–Crippen MR) is 117 cm³/mol. The van der Waals surface area contributed by atoms with Crippen LogP contribution in [0, 0.1) is 13.8 Å². The molecule has 2 unspecified atom stereocenters. The van der Waals surface area contributed by atoms with Crippen molar-refractivity contribution in [3.63, 3.8) is 0 Å². The van der Waals surface area contributed by atoms with Gasteiger partial charge in [0.15, 0.2) is 11.5 Å². The van der Waals surface area contributed by atoms with Gasteiger partial charge >= 0.3 is 0 Å². The molecule has 0 spiro atoms. The number of hydrogen-bond donors (Lipinski definition) is 1. The van der Waals surface area contributed by atoms with Crippen LogP contribution in [0.4, 0.5) is 5.69 Å². The number of carbonyl (C=O) groups excluding carboxylic acids is 1. The molecule has 8 heteroatoms. The van der Waals surface area contributed by atoms with Crippen LogP contribution in [0.1, 0.15) is 24.5 Å². The molecule has 2 aromatic carbocycles. The normalized spacial score (nSPS) is 16.6. The third kappa shape index (κ3) is 4.87. The number of ether oxygens (including phenoxy) is 2. The van der Waals surface area contributed by atoms with Gasteiger partial charge in [-0.2, -0.15) is 0 Å². The molecule has 1 N–H and O–H groups in total. The van der Waals surface area contributed by atoms with Crippen molar-refractivity contribution in [3.05, 3.63) is 53.6 Å². The summed E-state index contributed by atoms with van der Waals surface area (Å²) in [4.78, 5) is 13.0. The lowest BCUT2D eigenvalue weighted by molar-refractivity contribution is -0.122. The highest BCUT2D eigenvalue weighted by atomic mass is 32.2. The van der Waals surface area contributed by atoms with E-state index in [1.165, 1.54) is 4.31 Å². The Balaban J connectivity index is 1.74. The van der Waals surface area contributed by atoms with Crippen molar-refractivity contribution in [1.82, 2.24) is 5.32 Å². The van der Waals surface area contributed by atoms with Crippen molar-refractivity contribution in [2.24, 2.45) is 0 Å². The third-order valence-electron chi connectivity index (χ3n) is 5.15. The van der Waals surface area contributed by atoms with Crippen LogP contribution >= 0.6 is 0 Å². The average Bonchev–Trinajstić information content (AvgIpc) is 2.71. The molecule has 3 rings (SSSR count). The Hall–Kier alpha value is -2.74. The molecule has 1 aliphatic rings. The van der Waals surface area contributed by atoms with Crippen LogP contribution in [-0.4, -0.2) is 45.9 Å². The Bertz CT molecular complexity index is 1020. The van der Waals surface area contributed by atoms with Gasteiger partial charge in [-0.1, -0.05) is 25.1 Å². The number of hydrogen-bond acceptors (Lipinski definition) is 5. The minimum absolute atomic E-state index is 0.216. The summed E-state index contributed by atoms with van der Waals surface area (Å²) in [6.07, 6.45) is 1.10. The van der Waals surface area contributed by atoms with Crippen LogP contribution in [0.2, 0.25) is 0 Å². The number of carbonyl (C=O) groups is 1. The number of benzene rings is 2. The fraction of sp³-hybridized carbons (Fsp3) is 0.409. The van der Waals surface area contributed by atoms with Gasteiger partial charge in [-0.15, -0.1) is 0 Å². The molecule has 2 atom stereocenters. The molecule has 1 aliphatic heterocycles. The van der Waals surface area contributed by atoms with Gasteiger partial charge in [0.05, 0.1) is 18.5 Å². The van der Waals surface area contributed by atoms with E-state index in [0.717, 1.165) is 17.4 Å². The first-order chi connectivity index (χ1) is 14.2. The van der Waals surface area contributed by atoms with Crippen LogP contribution in [0.5, 0.6) is 11.5 Å². The zero-order chi connectivity index (χ0) is 21.9. The quantitative estimate of drug-likeness (QED) is 0.727. The highest BCUT2D eigenvalue weighted by Crippen LogP contribution is 2.30. The van der Waals surface area contributed by atoms with Crippen molar-refractivity contribution in [2.75, 3.05) is 23.7 Å². The van der Waals surface area contributed by atoms with Gasteiger partial charge in [0.25, 0.3) is 0 Å². The molecule has 0 aromatic heterocycles. The molecule has 7 nitrogen and oxygen atoms in total. The number of fused-ring (bicyclic) bond motifs is 1. The summed E-state index contributed by atoms with van der Waals surface area (Å²) in [6.45, 7) is 6.19. The maximum absolute atomic E-state index is 13.0. The highest BCUT2D eigenvalue weighted by molar-refractivity contribution is 7.92. The summed E-state index contributed by atoms with van der Waals surface area (Å²) >= 11 is 0. The molecule has 30 heavy (non-hydrogen) atoms. The number of anilines is 1. The van der Waals surface area contributed by atoms with Crippen molar-refractivity contribution < 1.29 is 22.7 Å². The molecule has 162 valence electrons. The van der Waals surface area contributed by atoms with Gasteiger partial charge < -0.3 is 14.8 Å². The van der Waals surface area contributed by atoms with Crippen LogP contribution in [0.3, 0.4) is 0 Å². The zero-order valence-corrected chi connectivity index (χ0v) is 18.5. The summed E-state index contributed by atoms with van der Waals surface area (Å²) in [5.74, 6) is 0.927. The first-order valence-electron chi connectivity index (χ1n) is 9.93. The van der Waals surface area contributed by atoms with E-state index in [9.17, 15) is 13.2 Å². The van der Waals surface area contributed by atoms with E-state index in [0.29, 0.717) is 30.2 Å². The Kier molecular flexibility index (Phi) is 6.55. The lowest BCUT2D eigenvalue weighted by atomic mass is 10.1. The van der Waals surface area contributed by atoms with E-state index in [1.54, 1.807) is 19.1 Å². The van der Waals surface area contributed by atoms with Gasteiger partial charge in [0.1, 0.15) is 18.8 Å². The average molecular weight is 433 g/mol. The molecule has 0 bridgehead atoms. The van der Waals surface area contributed by atoms with Gasteiger partial charge in [-0.05, 0) is 55.7 Å². The van der Waals surface area contributed by atoms with E-state index in [2.05, 4.69) is 5.32 Å². The van der Waals surface area contributed by atoms with Crippen LogP contribution < -0.4 is 19.1 Å². The third-order valence-corrected chi connectivity index (χ3v) is 6.33. The van der Waals surface area contributed by atoms with E-state index in [1.807, 2.05) is 44.2 Å². The molecule has 1 amide bonds. The van der Waals surface area contributed by atoms with E-state index in [-0.39, 0.29) is 18.6 Å². The number of rotatable bonds is 7. The number of aryl methyl sites for hydroxylation is 2. The first kappa shape index (κ1) is 22.0. The Morgan fingerprint density at radius 2 is 1.87 bits per heavy atom. The van der Waals surface area contributed by atoms with E-state index in [4.69, 9.17) is 9.47 Å². The summed E-state index contributed by atoms with van der Waals surface area (Å²) < 4.78 is 37.9. The van der Waals surface area contributed by atoms with Crippen molar-refractivity contribution in [3.8, 4) is 11.5 Å². The van der Waals surface area contributed by atoms with E-state index < -0.39 is 16.1 Å². The monoisotopic (exact) mass is 432 g/mol. The van der Waals surface area contributed by atoms with Crippen molar-refractivity contribution in [2.45, 2.75) is 39.3 Å². The molecule has 2 aromatic rings. The predicted octanol–water partition coefficient (Wildman–Crippen LogP) is 2.80. The van der Waals surface area contributed by atoms with Crippen LogP contribution in [0.25, 0.3) is 0 Å². The molecule has 0 saturated carbocycles. The standard InChI is InChI=1S/C22H28N2O5S/c1-5-19(24(30(4,26)27)17-11-10-15(2)16(3)12-17)22(25)23-13-18-14-28-20-8-6-7-9-21(20)29-18/h6-12,18-19H,5,13-14H2,1-4H3,(H,23,25). The fourth-order valence-corrected chi connectivity index (χ4v) is 4.62. The van der Waals surface area contributed by atoms with Gasteiger partial charge in [0, 0.05) is 0 Å². The second kappa shape index (κ2) is 8.95. The zero-order valence-electron chi connectivity index (χ0n) is 17.7. The largest absolute Gasteiger partial charge is 0.486 e. The summed E-state index contributed by atoms with van der Waals surface area (Å²) in [7, 11) is -3.67. The second-order valence-electron chi connectivity index (χ2n) is 7.49. The van der Waals surface area contributed by atoms with E-state index >= 15 is 0 Å². The Labute approximate surface area is 178 Å². The Morgan fingerprint density at radius 3 is 2.50 bits per heavy atom. The van der Waals surface area contributed by atoms with Crippen molar-refractivity contribution >= 4 is 21.6 Å². The maximum Gasteiger partial charge on any atom is 0.244 e. The fourth-order valence-electron chi connectivity index (χ4n) is 3.42. The summed E-state index contributed by atoms with van der Waals surface area (Å²) in [5.41, 5.74) is 2.50. The van der Waals surface area contributed by atoms with Crippen molar-refractivity contribution in [1.29, 1.82) is 0 Å². The topological polar surface area (TPSA) is 84.9 Å². The number of nitrogens with one attached hydrogen (secondary N) is 1. The molecular formula is C22H28N2O5S. The Morgan fingerprint density at radius 1 is 1.17 bits per heavy atom. The number of nitrogens with zero attached hydrogens (tertiary/aromatic N) is 1. The number of amides is 1. The summed E-state index contributed by atoms with van der Waals surface area (Å²) in [5, 5.41) is 2.83. The lowest BCUT2D eigenvalue weighted by Gasteiger charge is -2.31. The molecule has 0 aliphatic carbocycles. The van der Waals surface area contributed by atoms with Gasteiger partial charge in [0.2, 0.25) is 15.9 Å². The molecular weight excluding hydrogens is 404 g/mol. The maximum atomic E-state index is 13.0. The van der Waals surface area contributed by atoms with Crippen LogP contribution in [0.15, 0.2) is 42.5 Å². The minimum atomic E-state index is -3.67. The molecule has 1 heterocycles. The SMILES string of the molecule is CCC(C(=O)NCC1COc2ccccc2O1)N(c1ccc(C)c(C)c1)S(C)(=O)=O. The molecule has 0 radical (unpaired) electrons. The number of para-hydroxylation sites is 2. The molecule has 0 saturated heterocycles.